The molecule has 0 rings (SSSR count). The van der Waals surface area contributed by atoms with Crippen LogP contribution in [-0.2, 0) is 8.97 Å². The molecule has 0 atom stereocenters. The Morgan fingerprint density at radius 2 is 1.50 bits per heavy atom. The van der Waals surface area contributed by atoms with Gasteiger partial charge in [-0.25, -0.2) is 0 Å². The molecule has 2 nitrogen and oxygen atoms in total. The SMILES string of the molecule is C[As](C)[SH](=O)=O. The zero-order chi connectivity index (χ0) is 5.15. The predicted octanol–water partition coefficient (Wildman–Crippen LogP) is -0.151. The van der Waals surface area contributed by atoms with Crippen LogP contribution in [0.1, 0.15) is 0 Å². The molecular weight excluding hydrogens is 163 g/mol. The van der Waals surface area contributed by atoms with Gasteiger partial charge in [0.1, 0.15) is 0 Å². The van der Waals surface area contributed by atoms with Crippen LogP contribution in [0.4, 0.5) is 0 Å². The first-order chi connectivity index (χ1) is 2.64. The van der Waals surface area contributed by atoms with E-state index in [2.05, 4.69) is 0 Å². The average Bonchev–Trinajstić information content (AvgIpc) is 1.36. The molecule has 0 heterocycles. The minimum atomic E-state index is -2.01. The molecule has 0 bridgehead atoms. The van der Waals surface area contributed by atoms with Gasteiger partial charge in [0.15, 0.2) is 0 Å². The van der Waals surface area contributed by atoms with Crippen LogP contribution in [0.15, 0.2) is 0 Å². The summed E-state index contributed by atoms with van der Waals surface area (Å²) in [6.07, 6.45) is 0. The molecule has 0 N–H and O–H groups in total. The standard InChI is InChI=1S/C2H7AsO2S/c1-3(2)6(4)5/h6H,1-2H3. The maximum absolute atomic E-state index is 9.80. The van der Waals surface area contributed by atoms with Gasteiger partial charge in [-0.2, -0.15) is 0 Å². The summed E-state index contributed by atoms with van der Waals surface area (Å²) in [6, 6.07) is 0. The molecule has 0 aromatic heterocycles. The van der Waals surface area contributed by atoms with Crippen LogP contribution in [0.25, 0.3) is 0 Å². The molecule has 0 aliphatic rings. The van der Waals surface area contributed by atoms with E-state index in [0.29, 0.717) is 0 Å². The second-order valence-corrected chi connectivity index (χ2v) is 11.3. The zero-order valence-electron chi connectivity index (χ0n) is 3.71. The molecule has 4 heteroatoms. The molecular formula is C2H7AsO2S. The van der Waals surface area contributed by atoms with Gasteiger partial charge >= 0.3 is 42.3 Å². The van der Waals surface area contributed by atoms with Crippen LogP contribution < -0.4 is 0 Å². The van der Waals surface area contributed by atoms with E-state index in [4.69, 9.17) is 0 Å². The molecule has 0 aliphatic heterocycles. The van der Waals surface area contributed by atoms with Gasteiger partial charge in [0.05, 0.1) is 0 Å². The second kappa shape index (κ2) is 2.64. The van der Waals surface area contributed by atoms with Crippen molar-refractivity contribution in [3.63, 3.8) is 0 Å². The normalized spacial score (nSPS) is 10.7. The van der Waals surface area contributed by atoms with Crippen molar-refractivity contribution in [3.8, 4) is 0 Å². The van der Waals surface area contributed by atoms with Crippen molar-refractivity contribution in [2.45, 2.75) is 11.4 Å². The first-order valence-electron chi connectivity index (χ1n) is 1.46. The molecule has 0 saturated heterocycles. The summed E-state index contributed by atoms with van der Waals surface area (Å²) in [5, 5.41) is 0. The molecule has 0 amide bonds. The van der Waals surface area contributed by atoms with Crippen LogP contribution in [0, 0.1) is 0 Å². The summed E-state index contributed by atoms with van der Waals surface area (Å²) in [4.78, 5) is 0. The van der Waals surface area contributed by atoms with Crippen LogP contribution in [0.5, 0.6) is 0 Å². The van der Waals surface area contributed by atoms with Gasteiger partial charge in [0, 0.05) is 0 Å². The molecule has 0 aliphatic carbocycles. The number of rotatable bonds is 1. The van der Waals surface area contributed by atoms with E-state index in [1.54, 1.807) is 11.4 Å². The van der Waals surface area contributed by atoms with Crippen LogP contribution in [0.2, 0.25) is 11.4 Å². The van der Waals surface area contributed by atoms with Gasteiger partial charge in [-0.1, -0.05) is 0 Å². The minimum absolute atomic E-state index is 1.34. The van der Waals surface area contributed by atoms with Crippen molar-refractivity contribution >= 4 is 22.5 Å². The molecule has 0 unspecified atom stereocenters. The second-order valence-electron chi connectivity index (χ2n) is 1.09. The Hall–Kier alpha value is 0.508. The van der Waals surface area contributed by atoms with Crippen LogP contribution >= 0.6 is 0 Å². The summed E-state index contributed by atoms with van der Waals surface area (Å²) in [7, 11) is -2.01. The molecule has 0 aromatic carbocycles. The Morgan fingerprint density at radius 3 is 1.50 bits per heavy atom. The van der Waals surface area contributed by atoms with Crippen molar-refractivity contribution < 1.29 is 8.42 Å². The quantitative estimate of drug-likeness (QED) is 0.438. The summed E-state index contributed by atoms with van der Waals surface area (Å²) >= 11 is -1.34. The van der Waals surface area contributed by atoms with E-state index in [1.807, 2.05) is 0 Å². The average molecular weight is 170 g/mol. The Kier molecular flexibility index (Phi) is 2.87. The molecule has 0 aromatic rings. The molecule has 6 heavy (non-hydrogen) atoms. The third-order valence-electron chi connectivity index (χ3n) is 0.327. The molecule has 38 valence electrons. The Balaban J connectivity index is 3.57. The monoisotopic (exact) mass is 170 g/mol. The maximum atomic E-state index is 9.80. The van der Waals surface area contributed by atoms with Gasteiger partial charge < -0.3 is 0 Å². The summed E-state index contributed by atoms with van der Waals surface area (Å²) < 4.78 is 19.6. The fourth-order valence-corrected chi connectivity index (χ4v) is 0. The van der Waals surface area contributed by atoms with Crippen molar-refractivity contribution in [2.75, 3.05) is 0 Å². The van der Waals surface area contributed by atoms with Crippen molar-refractivity contribution in [1.82, 2.24) is 0 Å². The van der Waals surface area contributed by atoms with E-state index in [0.717, 1.165) is 0 Å². The first kappa shape index (κ1) is 6.51. The van der Waals surface area contributed by atoms with Crippen LogP contribution in [0.3, 0.4) is 0 Å². The van der Waals surface area contributed by atoms with Crippen molar-refractivity contribution in [2.24, 2.45) is 0 Å². The molecule has 0 saturated carbocycles. The fourth-order valence-electron chi connectivity index (χ4n) is 0. The van der Waals surface area contributed by atoms with Gasteiger partial charge in [0.2, 0.25) is 0 Å². The summed E-state index contributed by atoms with van der Waals surface area (Å²) in [6.45, 7) is 0. The number of thiol groups is 1. The van der Waals surface area contributed by atoms with E-state index in [9.17, 15) is 8.42 Å². The topological polar surface area (TPSA) is 34.1 Å². The van der Waals surface area contributed by atoms with E-state index in [1.165, 1.54) is 0 Å². The third kappa shape index (κ3) is 2.73. The number of hydrogen-bond acceptors (Lipinski definition) is 2. The van der Waals surface area contributed by atoms with Crippen molar-refractivity contribution in [3.05, 3.63) is 0 Å². The summed E-state index contributed by atoms with van der Waals surface area (Å²) in [5.41, 5.74) is 3.58. The number of hydrogen-bond donors (Lipinski definition) is 1. The molecule has 0 radical (unpaired) electrons. The summed E-state index contributed by atoms with van der Waals surface area (Å²) in [5.74, 6) is 0. The van der Waals surface area contributed by atoms with Gasteiger partial charge in [0.25, 0.3) is 0 Å². The molecule has 0 spiro atoms. The fraction of sp³-hybridized carbons (Fsp3) is 1.00. The van der Waals surface area contributed by atoms with Gasteiger partial charge in [-0.3, -0.25) is 0 Å². The van der Waals surface area contributed by atoms with E-state index in [-0.39, 0.29) is 0 Å². The van der Waals surface area contributed by atoms with Gasteiger partial charge in [-0.15, -0.1) is 0 Å². The van der Waals surface area contributed by atoms with Gasteiger partial charge in [-0.05, 0) is 0 Å². The zero-order valence-corrected chi connectivity index (χ0v) is 6.48. The Labute approximate surface area is 42.7 Å². The van der Waals surface area contributed by atoms with E-state index < -0.39 is 22.5 Å². The molecule has 0 fully saturated rings. The Bertz CT molecular complexity index is 87.7. The first-order valence-corrected chi connectivity index (χ1v) is 8.86. The Morgan fingerprint density at radius 1 is 1.33 bits per heavy atom. The predicted molar refractivity (Wildman–Crippen MR) is 27.8 cm³/mol. The van der Waals surface area contributed by atoms with Crippen molar-refractivity contribution in [1.29, 1.82) is 0 Å². The third-order valence-corrected chi connectivity index (χ3v) is 5.09. The van der Waals surface area contributed by atoms with Crippen LogP contribution in [-0.4, -0.2) is 21.9 Å². The van der Waals surface area contributed by atoms with E-state index >= 15 is 0 Å².